The van der Waals surface area contributed by atoms with Crippen molar-refractivity contribution in [3.63, 3.8) is 0 Å². The van der Waals surface area contributed by atoms with Crippen molar-refractivity contribution in [1.29, 1.82) is 0 Å². The van der Waals surface area contributed by atoms with Crippen LogP contribution in [0.3, 0.4) is 0 Å². The third kappa shape index (κ3) is 4.99. The molecule has 0 aromatic heterocycles. The Kier molecular flexibility index (Phi) is 4.56. The Morgan fingerprint density at radius 3 is 2.08 bits per heavy atom. The van der Waals surface area contributed by atoms with Gasteiger partial charge < -0.3 is 5.32 Å². The Morgan fingerprint density at radius 1 is 1.25 bits per heavy atom. The molecular weight excluding hydrogens is 173 g/mol. The average Bonchev–Trinajstić information content (AvgIpc) is 1.85. The lowest BCUT2D eigenvalue weighted by molar-refractivity contribution is 0.258. The minimum absolute atomic E-state index is 0.0614. The molecule has 0 aromatic carbocycles. The van der Waals surface area contributed by atoms with E-state index in [2.05, 4.69) is 33.0 Å². The van der Waals surface area contributed by atoms with Gasteiger partial charge >= 0.3 is 0 Å². The highest BCUT2D eigenvalue weighted by Crippen LogP contribution is 2.31. The van der Waals surface area contributed by atoms with Crippen LogP contribution in [0.5, 0.6) is 0 Å². The van der Waals surface area contributed by atoms with Crippen LogP contribution in [0.4, 0.5) is 3.89 Å². The number of rotatable bonds is 5. The number of hydrogen-bond acceptors (Lipinski definition) is 2. The molecule has 0 aliphatic heterocycles. The summed E-state index contributed by atoms with van der Waals surface area (Å²) in [6.45, 7) is 8.46. The molecule has 0 amide bonds. The average molecular weight is 193 g/mol. The Morgan fingerprint density at radius 2 is 1.75 bits per heavy atom. The number of nitrogens with one attached hydrogen (secondary N) is 1. The molecule has 0 bridgehead atoms. The quantitative estimate of drug-likeness (QED) is 0.720. The van der Waals surface area contributed by atoms with Crippen molar-refractivity contribution in [1.82, 2.24) is 5.32 Å². The van der Waals surface area contributed by atoms with Gasteiger partial charge in [0.1, 0.15) is 0 Å². The number of hydrogen-bond donors (Lipinski definition) is 1. The van der Waals surface area contributed by atoms with Gasteiger partial charge in [0.15, 0.2) is 0 Å². The summed E-state index contributed by atoms with van der Waals surface area (Å²) in [5.41, 5.74) is 0.158. The summed E-state index contributed by atoms with van der Waals surface area (Å²) in [6, 6.07) is 0. The highest BCUT2D eigenvalue weighted by atomic mass is 32.2. The van der Waals surface area contributed by atoms with Gasteiger partial charge in [0, 0.05) is 23.4 Å². The maximum atomic E-state index is 12.1. The lowest BCUT2D eigenvalue weighted by atomic mass is 9.82. The van der Waals surface area contributed by atoms with E-state index in [-0.39, 0.29) is 11.0 Å². The maximum absolute atomic E-state index is 12.1. The zero-order valence-electron chi connectivity index (χ0n) is 8.70. The van der Waals surface area contributed by atoms with Crippen LogP contribution in [0.1, 0.15) is 34.1 Å². The smallest absolute Gasteiger partial charge is 0.0448 e. The zero-order valence-corrected chi connectivity index (χ0v) is 9.52. The summed E-state index contributed by atoms with van der Waals surface area (Å²) in [5.74, 6) is 0.568. The first-order valence-electron chi connectivity index (χ1n) is 4.25. The Labute approximate surface area is 79.8 Å². The minimum Gasteiger partial charge on any atom is -0.315 e. The van der Waals surface area contributed by atoms with E-state index < -0.39 is 0 Å². The second-order valence-corrected chi connectivity index (χ2v) is 5.24. The van der Waals surface area contributed by atoms with Crippen molar-refractivity contribution in [2.75, 3.05) is 12.8 Å². The van der Waals surface area contributed by atoms with Gasteiger partial charge in [-0.15, -0.1) is 0 Å². The van der Waals surface area contributed by atoms with Crippen LogP contribution in [-0.2, 0) is 0 Å². The van der Waals surface area contributed by atoms with E-state index in [1.807, 2.05) is 7.05 Å². The molecule has 0 aliphatic rings. The molecule has 0 saturated heterocycles. The van der Waals surface area contributed by atoms with Crippen LogP contribution in [0.25, 0.3) is 0 Å². The molecular formula is C9H20FNS. The number of halogens is 1. The Balaban J connectivity index is 4.04. The van der Waals surface area contributed by atoms with Gasteiger partial charge in [-0.05, 0) is 32.7 Å². The van der Waals surface area contributed by atoms with Crippen LogP contribution >= 0.6 is 12.1 Å². The zero-order chi connectivity index (χ0) is 9.83. The Hall–Kier alpha value is 0.240. The van der Waals surface area contributed by atoms with Crippen LogP contribution in [-0.4, -0.2) is 18.3 Å². The fraction of sp³-hybridized carbons (Fsp3) is 1.00. The lowest BCUT2D eigenvalue weighted by Crippen LogP contribution is -2.41. The van der Waals surface area contributed by atoms with Crippen molar-refractivity contribution in [2.24, 2.45) is 5.41 Å². The van der Waals surface area contributed by atoms with Gasteiger partial charge in [0.2, 0.25) is 0 Å². The van der Waals surface area contributed by atoms with E-state index >= 15 is 0 Å². The van der Waals surface area contributed by atoms with Gasteiger partial charge in [-0.2, -0.15) is 3.89 Å². The van der Waals surface area contributed by atoms with Crippen molar-refractivity contribution in [2.45, 2.75) is 39.7 Å². The summed E-state index contributed by atoms with van der Waals surface area (Å²) in [4.78, 5) is 0. The predicted octanol–water partition coefficient (Wildman–Crippen LogP) is 3.02. The monoisotopic (exact) mass is 193 g/mol. The van der Waals surface area contributed by atoms with Crippen LogP contribution in [0.2, 0.25) is 0 Å². The molecule has 0 spiro atoms. The highest BCUT2D eigenvalue weighted by molar-refractivity contribution is 7.94. The molecule has 0 fully saturated rings. The predicted molar refractivity (Wildman–Crippen MR) is 55.1 cm³/mol. The van der Waals surface area contributed by atoms with E-state index in [0.29, 0.717) is 17.9 Å². The van der Waals surface area contributed by atoms with Crippen molar-refractivity contribution in [3.05, 3.63) is 0 Å². The third-order valence-electron chi connectivity index (χ3n) is 2.04. The fourth-order valence-electron chi connectivity index (χ4n) is 1.48. The molecule has 1 nitrogen and oxygen atoms in total. The van der Waals surface area contributed by atoms with Crippen molar-refractivity contribution < 1.29 is 3.89 Å². The van der Waals surface area contributed by atoms with E-state index in [9.17, 15) is 3.89 Å². The second-order valence-electron chi connectivity index (χ2n) is 4.73. The van der Waals surface area contributed by atoms with Crippen LogP contribution in [0, 0.1) is 5.41 Å². The second kappa shape index (κ2) is 4.47. The van der Waals surface area contributed by atoms with Gasteiger partial charge in [0.05, 0.1) is 0 Å². The third-order valence-corrected chi connectivity index (χ3v) is 2.93. The topological polar surface area (TPSA) is 12.0 Å². The first kappa shape index (κ1) is 12.2. The highest BCUT2D eigenvalue weighted by Gasteiger charge is 2.27. The summed E-state index contributed by atoms with van der Waals surface area (Å²) in [6.07, 6.45) is 0.980. The Bertz CT molecular complexity index is 134. The first-order valence-corrected chi connectivity index (χ1v) is 5.14. The molecule has 0 heterocycles. The summed E-state index contributed by atoms with van der Waals surface area (Å²) >= 11 is 0.432. The molecule has 0 aromatic rings. The molecule has 1 N–H and O–H groups in total. The van der Waals surface area contributed by atoms with Crippen LogP contribution in [0.15, 0.2) is 0 Å². The largest absolute Gasteiger partial charge is 0.315 e. The van der Waals surface area contributed by atoms with Gasteiger partial charge in [-0.3, -0.25) is 0 Å². The fourth-order valence-corrected chi connectivity index (χ4v) is 1.88. The molecule has 0 atom stereocenters. The molecule has 0 rings (SSSR count). The van der Waals surface area contributed by atoms with E-state index in [1.165, 1.54) is 0 Å². The molecule has 0 radical (unpaired) electrons. The van der Waals surface area contributed by atoms with E-state index in [1.54, 1.807) is 0 Å². The standard InChI is InChI=1S/C9H20FNS/c1-8(2,7-12-10)6-9(3,4)11-5/h11H,6-7H2,1-5H3. The molecule has 12 heavy (non-hydrogen) atoms. The van der Waals surface area contributed by atoms with Crippen molar-refractivity contribution in [3.8, 4) is 0 Å². The SMILES string of the molecule is CNC(C)(C)CC(C)(C)CSF. The normalized spacial score (nSPS) is 13.5. The molecule has 74 valence electrons. The van der Waals surface area contributed by atoms with Gasteiger partial charge in [0.25, 0.3) is 0 Å². The molecule has 0 saturated carbocycles. The molecule has 0 aliphatic carbocycles. The van der Waals surface area contributed by atoms with Crippen LogP contribution < -0.4 is 5.32 Å². The summed E-state index contributed by atoms with van der Waals surface area (Å²) in [5, 5.41) is 3.22. The van der Waals surface area contributed by atoms with Crippen molar-refractivity contribution >= 4 is 12.1 Å². The van der Waals surface area contributed by atoms with Gasteiger partial charge in [-0.25, -0.2) is 0 Å². The van der Waals surface area contributed by atoms with Gasteiger partial charge in [-0.1, -0.05) is 13.8 Å². The summed E-state index contributed by atoms with van der Waals surface area (Å²) < 4.78 is 12.1. The molecule has 0 unspecified atom stereocenters. The molecule has 3 heteroatoms. The van der Waals surface area contributed by atoms with E-state index in [4.69, 9.17) is 0 Å². The summed E-state index contributed by atoms with van der Waals surface area (Å²) in [7, 11) is 1.94. The minimum atomic E-state index is 0.0614. The lowest BCUT2D eigenvalue weighted by Gasteiger charge is -2.33. The maximum Gasteiger partial charge on any atom is 0.0448 e. The first-order chi connectivity index (χ1) is 5.33. The van der Waals surface area contributed by atoms with E-state index in [0.717, 1.165) is 6.42 Å².